The number of nitrogens with zero attached hydrogens (tertiary/aromatic N) is 2. The van der Waals surface area contributed by atoms with E-state index in [1.807, 2.05) is 18.2 Å². The summed E-state index contributed by atoms with van der Waals surface area (Å²) in [5.74, 6) is -1.34. The van der Waals surface area contributed by atoms with Gasteiger partial charge in [-0.1, -0.05) is 30.3 Å². The van der Waals surface area contributed by atoms with Crippen molar-refractivity contribution < 1.29 is 14.3 Å². The molecule has 1 aliphatic rings. The van der Waals surface area contributed by atoms with Gasteiger partial charge in [-0.3, -0.25) is 9.59 Å². The summed E-state index contributed by atoms with van der Waals surface area (Å²) in [7, 11) is 1.56. The monoisotopic (exact) mass is 317 g/mol. The number of hydrogen-bond acceptors (Lipinski definition) is 4. The molecule has 1 aliphatic heterocycles. The van der Waals surface area contributed by atoms with Crippen molar-refractivity contribution in [2.75, 3.05) is 26.8 Å². The van der Waals surface area contributed by atoms with Crippen molar-refractivity contribution in [1.29, 1.82) is 0 Å². The highest BCUT2D eigenvalue weighted by atomic mass is 16.5. The van der Waals surface area contributed by atoms with E-state index in [4.69, 9.17) is 4.74 Å². The highest BCUT2D eigenvalue weighted by molar-refractivity contribution is 6.21. The van der Waals surface area contributed by atoms with Gasteiger partial charge >= 0.3 is 0 Å². The van der Waals surface area contributed by atoms with Crippen molar-refractivity contribution in [2.45, 2.75) is 19.8 Å². The number of nitrogens with one attached hydrogen (secondary N) is 1. The summed E-state index contributed by atoms with van der Waals surface area (Å²) in [6, 6.07) is 10.2. The van der Waals surface area contributed by atoms with Crippen LogP contribution in [-0.4, -0.2) is 49.3 Å². The van der Waals surface area contributed by atoms with Crippen LogP contribution in [0.3, 0.4) is 0 Å². The number of ether oxygens (including phenoxy) is 1. The van der Waals surface area contributed by atoms with Crippen LogP contribution in [0.5, 0.6) is 0 Å². The number of carbonyl (C=O) groups is 2. The van der Waals surface area contributed by atoms with Gasteiger partial charge in [0.05, 0.1) is 12.3 Å². The van der Waals surface area contributed by atoms with E-state index >= 15 is 0 Å². The highest BCUT2D eigenvalue weighted by Crippen LogP contribution is 2.13. The second kappa shape index (κ2) is 8.43. The molecule has 0 spiro atoms. The van der Waals surface area contributed by atoms with Gasteiger partial charge in [0.25, 0.3) is 5.91 Å². The standard InChI is InChI=1S/C17H23N3O3/c1-13-15(17(22)20(2)19-13)16(21)18-10-6-11-23-12-9-14-7-4-3-5-8-14/h3-5,7-8,15H,6,9-12H2,1-2H3,(H,18,21)/t15-/m0/s1. The van der Waals surface area contributed by atoms with Gasteiger partial charge in [0.1, 0.15) is 0 Å². The smallest absolute Gasteiger partial charge is 0.260 e. The lowest BCUT2D eigenvalue weighted by molar-refractivity contribution is -0.136. The average Bonchev–Trinajstić information content (AvgIpc) is 2.80. The molecule has 2 amide bonds. The number of hydrazone groups is 1. The molecule has 0 fully saturated rings. The van der Waals surface area contributed by atoms with Crippen LogP contribution in [0.1, 0.15) is 18.9 Å². The fraction of sp³-hybridized carbons (Fsp3) is 0.471. The van der Waals surface area contributed by atoms with E-state index in [0.717, 1.165) is 6.42 Å². The molecule has 0 unspecified atom stereocenters. The van der Waals surface area contributed by atoms with Crippen LogP contribution in [-0.2, 0) is 20.7 Å². The molecule has 0 saturated heterocycles. The largest absolute Gasteiger partial charge is 0.381 e. The van der Waals surface area contributed by atoms with Crippen LogP contribution in [0, 0.1) is 5.92 Å². The Bertz CT molecular complexity index is 572. The van der Waals surface area contributed by atoms with E-state index in [0.29, 0.717) is 31.9 Å². The molecule has 0 aromatic heterocycles. The van der Waals surface area contributed by atoms with Crippen molar-refractivity contribution in [3.8, 4) is 0 Å². The van der Waals surface area contributed by atoms with Crippen molar-refractivity contribution in [3.63, 3.8) is 0 Å². The molecule has 0 saturated carbocycles. The Morgan fingerprint density at radius 1 is 1.30 bits per heavy atom. The number of carbonyl (C=O) groups excluding carboxylic acids is 2. The van der Waals surface area contributed by atoms with E-state index < -0.39 is 5.92 Å². The van der Waals surface area contributed by atoms with Crippen LogP contribution in [0.15, 0.2) is 35.4 Å². The number of rotatable bonds is 8. The third-order valence-electron chi connectivity index (χ3n) is 3.70. The minimum absolute atomic E-state index is 0.279. The molecule has 124 valence electrons. The molecule has 1 N–H and O–H groups in total. The van der Waals surface area contributed by atoms with Crippen LogP contribution in [0.4, 0.5) is 0 Å². The zero-order valence-electron chi connectivity index (χ0n) is 13.6. The Hall–Kier alpha value is -2.21. The van der Waals surface area contributed by atoms with Gasteiger partial charge in [-0.25, -0.2) is 5.01 Å². The van der Waals surface area contributed by atoms with Gasteiger partial charge in [-0.05, 0) is 25.3 Å². The summed E-state index contributed by atoms with van der Waals surface area (Å²) >= 11 is 0. The van der Waals surface area contributed by atoms with Gasteiger partial charge < -0.3 is 10.1 Å². The van der Waals surface area contributed by atoms with E-state index in [2.05, 4.69) is 22.6 Å². The maximum atomic E-state index is 12.0. The molecule has 2 rings (SSSR count). The maximum absolute atomic E-state index is 12.0. The first-order chi connectivity index (χ1) is 11.1. The molecule has 0 radical (unpaired) electrons. The molecule has 0 aliphatic carbocycles. The number of amides is 2. The van der Waals surface area contributed by atoms with E-state index in [1.54, 1.807) is 14.0 Å². The lowest BCUT2D eigenvalue weighted by atomic mass is 10.0. The van der Waals surface area contributed by atoms with Gasteiger partial charge in [-0.15, -0.1) is 0 Å². The molecule has 1 aromatic rings. The van der Waals surface area contributed by atoms with E-state index in [9.17, 15) is 9.59 Å². The molecule has 0 bridgehead atoms. The van der Waals surface area contributed by atoms with Gasteiger partial charge in [0.15, 0.2) is 5.92 Å². The quantitative estimate of drug-likeness (QED) is 0.579. The fourth-order valence-electron chi connectivity index (χ4n) is 2.44. The average molecular weight is 317 g/mol. The number of benzene rings is 1. The van der Waals surface area contributed by atoms with Crippen LogP contribution < -0.4 is 5.32 Å². The fourth-order valence-corrected chi connectivity index (χ4v) is 2.44. The van der Waals surface area contributed by atoms with Crippen LogP contribution in [0.2, 0.25) is 0 Å². The topological polar surface area (TPSA) is 71.0 Å². The van der Waals surface area contributed by atoms with Crippen molar-refractivity contribution in [1.82, 2.24) is 10.3 Å². The van der Waals surface area contributed by atoms with Gasteiger partial charge in [0, 0.05) is 20.2 Å². The third kappa shape index (κ3) is 4.89. The normalized spacial score (nSPS) is 17.3. The van der Waals surface area contributed by atoms with Crippen LogP contribution >= 0.6 is 0 Å². The molecular formula is C17H23N3O3. The predicted octanol–water partition coefficient (Wildman–Crippen LogP) is 1.22. The molecule has 1 atom stereocenters. The summed E-state index contributed by atoms with van der Waals surface area (Å²) in [6.45, 7) is 3.43. The minimum atomic E-state index is -0.779. The first-order valence-electron chi connectivity index (χ1n) is 7.81. The molecule has 6 heteroatoms. The lowest BCUT2D eigenvalue weighted by Crippen LogP contribution is -2.39. The summed E-state index contributed by atoms with van der Waals surface area (Å²) in [6.07, 6.45) is 1.60. The Labute approximate surface area is 136 Å². The van der Waals surface area contributed by atoms with Crippen LogP contribution in [0.25, 0.3) is 0 Å². The summed E-state index contributed by atoms with van der Waals surface area (Å²) in [5, 5.41) is 7.97. The molecule has 23 heavy (non-hydrogen) atoms. The van der Waals surface area contributed by atoms with Gasteiger partial charge in [0.2, 0.25) is 5.91 Å². The van der Waals surface area contributed by atoms with E-state index in [1.165, 1.54) is 10.6 Å². The first-order valence-corrected chi connectivity index (χ1v) is 7.81. The lowest BCUT2D eigenvalue weighted by Gasteiger charge is -2.11. The SMILES string of the molecule is CC1=NN(C)C(=O)[C@@H]1C(=O)NCCCOCCc1ccccc1. The Kier molecular flexibility index (Phi) is 6.29. The second-order valence-electron chi connectivity index (χ2n) is 5.53. The zero-order chi connectivity index (χ0) is 16.7. The summed E-state index contributed by atoms with van der Waals surface area (Å²) < 4.78 is 5.55. The Morgan fingerprint density at radius 2 is 2.04 bits per heavy atom. The molecular weight excluding hydrogens is 294 g/mol. The minimum Gasteiger partial charge on any atom is -0.381 e. The van der Waals surface area contributed by atoms with E-state index in [-0.39, 0.29) is 11.8 Å². The van der Waals surface area contributed by atoms with Crippen molar-refractivity contribution >= 4 is 17.5 Å². The zero-order valence-corrected chi connectivity index (χ0v) is 13.6. The van der Waals surface area contributed by atoms with Crippen molar-refractivity contribution in [3.05, 3.63) is 35.9 Å². The maximum Gasteiger partial charge on any atom is 0.260 e. The first kappa shape index (κ1) is 17.1. The predicted molar refractivity (Wildman–Crippen MR) is 88.0 cm³/mol. The molecule has 6 nitrogen and oxygen atoms in total. The summed E-state index contributed by atoms with van der Waals surface area (Å²) in [4.78, 5) is 23.8. The third-order valence-corrected chi connectivity index (χ3v) is 3.70. The number of hydrogen-bond donors (Lipinski definition) is 1. The second-order valence-corrected chi connectivity index (χ2v) is 5.53. The van der Waals surface area contributed by atoms with Crippen molar-refractivity contribution in [2.24, 2.45) is 11.0 Å². The highest BCUT2D eigenvalue weighted by Gasteiger charge is 2.36. The Balaban J connectivity index is 1.56. The molecule has 1 aromatic carbocycles. The molecule has 1 heterocycles. The van der Waals surface area contributed by atoms with Gasteiger partial charge in [-0.2, -0.15) is 5.10 Å². The summed E-state index contributed by atoms with van der Waals surface area (Å²) in [5.41, 5.74) is 1.79. The Morgan fingerprint density at radius 3 is 2.70 bits per heavy atom.